The SMILES string of the molecule is CC(N)c1nc(C(=O)NCCC2CCCC2)cs1. The van der Waals surface area contributed by atoms with Crippen LogP contribution >= 0.6 is 11.3 Å². The van der Waals surface area contributed by atoms with Crippen LogP contribution in [0.4, 0.5) is 0 Å². The highest BCUT2D eigenvalue weighted by Gasteiger charge is 2.16. The lowest BCUT2D eigenvalue weighted by Crippen LogP contribution is -2.26. The molecule has 0 saturated heterocycles. The van der Waals surface area contributed by atoms with Crippen molar-refractivity contribution in [2.45, 2.75) is 45.1 Å². The third kappa shape index (κ3) is 3.53. The van der Waals surface area contributed by atoms with E-state index in [0.29, 0.717) is 5.69 Å². The van der Waals surface area contributed by atoms with Crippen LogP contribution in [0, 0.1) is 5.92 Å². The minimum absolute atomic E-state index is 0.0730. The molecular weight excluding hydrogens is 246 g/mol. The molecule has 0 aliphatic heterocycles. The number of thiazole rings is 1. The van der Waals surface area contributed by atoms with Crippen LogP contribution in [0.15, 0.2) is 5.38 Å². The molecule has 1 aromatic rings. The van der Waals surface area contributed by atoms with Gasteiger partial charge in [0.15, 0.2) is 0 Å². The van der Waals surface area contributed by atoms with Crippen LogP contribution < -0.4 is 11.1 Å². The van der Waals surface area contributed by atoms with E-state index < -0.39 is 0 Å². The fourth-order valence-electron chi connectivity index (χ4n) is 2.38. The van der Waals surface area contributed by atoms with E-state index in [0.717, 1.165) is 23.9 Å². The maximum Gasteiger partial charge on any atom is 0.270 e. The Morgan fingerprint density at radius 3 is 2.94 bits per heavy atom. The predicted octanol–water partition coefficient (Wildman–Crippen LogP) is 2.47. The van der Waals surface area contributed by atoms with E-state index in [-0.39, 0.29) is 11.9 Å². The van der Waals surface area contributed by atoms with Gasteiger partial charge >= 0.3 is 0 Å². The summed E-state index contributed by atoms with van der Waals surface area (Å²) in [5, 5.41) is 5.54. The zero-order valence-electron chi connectivity index (χ0n) is 10.8. The Morgan fingerprint density at radius 2 is 2.33 bits per heavy atom. The molecule has 1 amide bonds. The van der Waals surface area contributed by atoms with Gasteiger partial charge in [0.05, 0.1) is 6.04 Å². The van der Waals surface area contributed by atoms with Crippen molar-refractivity contribution in [1.82, 2.24) is 10.3 Å². The summed E-state index contributed by atoms with van der Waals surface area (Å²) in [7, 11) is 0. The summed E-state index contributed by atoms with van der Waals surface area (Å²) >= 11 is 1.45. The lowest BCUT2D eigenvalue weighted by Gasteiger charge is -2.08. The topological polar surface area (TPSA) is 68.0 Å². The standard InChI is InChI=1S/C13H21N3OS/c1-9(14)13-16-11(8-18-13)12(17)15-7-6-10-4-2-3-5-10/h8-10H,2-7,14H2,1H3,(H,15,17). The van der Waals surface area contributed by atoms with E-state index in [2.05, 4.69) is 10.3 Å². The molecule has 0 radical (unpaired) electrons. The first kappa shape index (κ1) is 13.5. The van der Waals surface area contributed by atoms with Crippen LogP contribution in [-0.4, -0.2) is 17.4 Å². The summed E-state index contributed by atoms with van der Waals surface area (Å²) < 4.78 is 0. The Morgan fingerprint density at radius 1 is 1.61 bits per heavy atom. The molecule has 4 nitrogen and oxygen atoms in total. The molecule has 0 spiro atoms. The quantitative estimate of drug-likeness (QED) is 0.861. The lowest BCUT2D eigenvalue weighted by molar-refractivity contribution is 0.0947. The molecule has 5 heteroatoms. The number of rotatable bonds is 5. The van der Waals surface area contributed by atoms with Gasteiger partial charge in [0, 0.05) is 11.9 Å². The highest BCUT2D eigenvalue weighted by molar-refractivity contribution is 7.09. The third-order valence-electron chi connectivity index (χ3n) is 3.46. The fraction of sp³-hybridized carbons (Fsp3) is 0.692. The maximum absolute atomic E-state index is 11.8. The summed E-state index contributed by atoms with van der Waals surface area (Å²) in [4.78, 5) is 16.1. The van der Waals surface area contributed by atoms with Gasteiger partial charge in [-0.3, -0.25) is 4.79 Å². The van der Waals surface area contributed by atoms with Crippen LogP contribution in [0.3, 0.4) is 0 Å². The van der Waals surface area contributed by atoms with Crippen LogP contribution in [0.1, 0.15) is 60.6 Å². The van der Waals surface area contributed by atoms with Gasteiger partial charge in [0.25, 0.3) is 5.91 Å². The molecule has 1 aromatic heterocycles. The van der Waals surface area contributed by atoms with E-state index >= 15 is 0 Å². The Balaban J connectivity index is 1.76. The highest BCUT2D eigenvalue weighted by Crippen LogP contribution is 2.26. The minimum atomic E-state index is -0.102. The van der Waals surface area contributed by atoms with Crippen LogP contribution in [0.25, 0.3) is 0 Å². The van der Waals surface area contributed by atoms with Gasteiger partial charge < -0.3 is 11.1 Å². The number of nitrogens with one attached hydrogen (secondary N) is 1. The van der Waals surface area contributed by atoms with Crippen molar-refractivity contribution in [3.05, 3.63) is 16.1 Å². The number of carbonyl (C=O) groups is 1. The summed E-state index contributed by atoms with van der Waals surface area (Å²) in [6.07, 6.45) is 6.43. The smallest absolute Gasteiger partial charge is 0.270 e. The van der Waals surface area contributed by atoms with E-state index in [9.17, 15) is 4.79 Å². The minimum Gasteiger partial charge on any atom is -0.351 e. The summed E-state index contributed by atoms with van der Waals surface area (Å²) in [5.74, 6) is 0.733. The number of amides is 1. The van der Waals surface area contributed by atoms with E-state index in [1.54, 1.807) is 5.38 Å². The molecule has 0 bridgehead atoms. The van der Waals surface area contributed by atoms with Crippen molar-refractivity contribution in [2.24, 2.45) is 11.7 Å². The van der Waals surface area contributed by atoms with Crippen LogP contribution in [0.5, 0.6) is 0 Å². The Bertz CT molecular complexity index is 397. The summed E-state index contributed by atoms with van der Waals surface area (Å²) in [6, 6.07) is -0.102. The lowest BCUT2D eigenvalue weighted by atomic mass is 10.0. The maximum atomic E-state index is 11.8. The number of nitrogens with two attached hydrogens (primary N) is 1. The molecule has 1 heterocycles. The molecule has 100 valence electrons. The van der Waals surface area contributed by atoms with Gasteiger partial charge in [-0.2, -0.15) is 0 Å². The van der Waals surface area contributed by atoms with Gasteiger partial charge in [-0.15, -0.1) is 11.3 Å². The number of carbonyl (C=O) groups excluding carboxylic acids is 1. The Kier molecular flexibility index (Phi) is 4.72. The molecule has 1 aliphatic rings. The van der Waals surface area contributed by atoms with Gasteiger partial charge in [0.2, 0.25) is 0 Å². The number of hydrogen-bond acceptors (Lipinski definition) is 4. The number of nitrogens with zero attached hydrogens (tertiary/aromatic N) is 1. The van der Waals surface area contributed by atoms with Gasteiger partial charge in [-0.25, -0.2) is 4.98 Å². The second-order valence-corrected chi connectivity index (χ2v) is 5.94. The third-order valence-corrected chi connectivity index (χ3v) is 4.50. The molecule has 1 aliphatic carbocycles. The number of hydrogen-bond donors (Lipinski definition) is 2. The van der Waals surface area contributed by atoms with Gasteiger partial charge in [-0.1, -0.05) is 25.7 Å². The molecular formula is C13H21N3OS. The molecule has 1 unspecified atom stereocenters. The van der Waals surface area contributed by atoms with Gasteiger partial charge in [0.1, 0.15) is 10.7 Å². The van der Waals surface area contributed by atoms with Crippen molar-refractivity contribution >= 4 is 17.2 Å². The monoisotopic (exact) mass is 267 g/mol. The Hall–Kier alpha value is -0.940. The molecule has 1 fully saturated rings. The second kappa shape index (κ2) is 6.29. The van der Waals surface area contributed by atoms with Crippen molar-refractivity contribution in [3.63, 3.8) is 0 Å². The molecule has 18 heavy (non-hydrogen) atoms. The zero-order valence-corrected chi connectivity index (χ0v) is 11.6. The summed E-state index contributed by atoms with van der Waals surface area (Å²) in [5.41, 5.74) is 6.23. The highest BCUT2D eigenvalue weighted by atomic mass is 32.1. The molecule has 0 aromatic carbocycles. The second-order valence-electron chi connectivity index (χ2n) is 5.05. The fourth-order valence-corrected chi connectivity index (χ4v) is 3.14. The van der Waals surface area contributed by atoms with Crippen molar-refractivity contribution in [1.29, 1.82) is 0 Å². The average Bonchev–Trinajstić information content (AvgIpc) is 2.99. The van der Waals surface area contributed by atoms with Crippen LogP contribution in [0.2, 0.25) is 0 Å². The van der Waals surface area contributed by atoms with Crippen molar-refractivity contribution in [2.75, 3.05) is 6.54 Å². The van der Waals surface area contributed by atoms with E-state index in [1.165, 1.54) is 37.0 Å². The Labute approximate surface area is 112 Å². The molecule has 3 N–H and O–H groups in total. The van der Waals surface area contributed by atoms with Crippen molar-refractivity contribution in [3.8, 4) is 0 Å². The zero-order chi connectivity index (χ0) is 13.0. The summed E-state index contributed by atoms with van der Waals surface area (Å²) in [6.45, 7) is 2.63. The first-order valence-corrected chi connectivity index (χ1v) is 7.54. The van der Waals surface area contributed by atoms with Gasteiger partial charge in [-0.05, 0) is 19.3 Å². The van der Waals surface area contributed by atoms with E-state index in [1.807, 2.05) is 6.92 Å². The molecule has 1 atom stereocenters. The predicted molar refractivity (Wildman–Crippen MR) is 73.6 cm³/mol. The van der Waals surface area contributed by atoms with E-state index in [4.69, 9.17) is 5.73 Å². The molecule has 1 saturated carbocycles. The average molecular weight is 267 g/mol. The first-order chi connectivity index (χ1) is 8.66. The normalized spacial score (nSPS) is 17.9. The largest absolute Gasteiger partial charge is 0.351 e. The molecule has 2 rings (SSSR count). The van der Waals surface area contributed by atoms with Crippen molar-refractivity contribution < 1.29 is 4.79 Å². The van der Waals surface area contributed by atoms with Crippen LogP contribution in [-0.2, 0) is 0 Å². The number of aromatic nitrogens is 1. The first-order valence-electron chi connectivity index (χ1n) is 6.66.